The number of hydrogen-bond acceptors (Lipinski definition) is 21. The number of rotatable bonds is 18. The molecule has 0 bridgehead atoms. The Morgan fingerprint density at radius 2 is 1.56 bits per heavy atom. The van der Waals surface area contributed by atoms with Gasteiger partial charge < -0.3 is 91.5 Å². The van der Waals surface area contributed by atoms with E-state index in [-0.39, 0.29) is 49.5 Å². The standard InChI is InChI=1S/C34H53N9O18/c1-12-21(48)25(52)27(54)33(59-12)58-10-18(47)40-14(5-3-4-6-36-17(46)9-57-32-19(39-13(2)45)24(51)23(50)16(8-44)61-32)29(55)37-7-15-22(49)26(53)31(60-15)43-11-38-20-28(43)41-34(35)42-30(20)56/h11-12,14-16,19,21-27,31-33,44,48-54H,3-10H2,1-2H3,(H,36,46)(H,37,55)(H,39,45)(H,40,47)(H3,35,41,42,56)/t12-,14-,15+,16+,19+,21+,22+,23+,24+,25+,26+,27-,31+,32+,33-/m0/s1. The van der Waals surface area contributed by atoms with Crippen molar-refractivity contribution in [1.82, 2.24) is 40.8 Å². The SMILES string of the molecule is CC(=O)N[C@H]1[C@H](OCC(=O)NCCCC[C@H](NC(=O)CO[C@H]2O[C@@H](C)[C@@H](O)[C@@H](O)[C@@H]2O)C(=O)NC[C@H]2O[C@@H](n3cnc4c(=O)[nH]c(N)nc43)[C@H](O)[C@@H]2O)O[C@H](CO)[C@@H](O)[C@@H]1O. The predicted octanol–water partition coefficient (Wildman–Crippen LogP) is -7.99. The number of nitrogens with one attached hydrogen (secondary N) is 5. The fourth-order valence-electron chi connectivity index (χ4n) is 6.92. The van der Waals surface area contributed by atoms with Gasteiger partial charge in [-0.05, 0) is 26.2 Å². The van der Waals surface area contributed by atoms with Gasteiger partial charge in [0.05, 0.1) is 19.0 Å². The summed E-state index contributed by atoms with van der Waals surface area (Å²) >= 11 is 0. The molecular formula is C34H53N9O18. The number of aromatic nitrogens is 4. The molecule has 3 aliphatic heterocycles. The number of nitrogens with two attached hydrogens (primary N) is 1. The number of carbonyl (C=O) groups is 4. The van der Waals surface area contributed by atoms with Crippen LogP contribution in [-0.4, -0.2) is 203 Å². The van der Waals surface area contributed by atoms with Gasteiger partial charge in [0, 0.05) is 20.0 Å². The Kier molecular flexibility index (Phi) is 16.4. The van der Waals surface area contributed by atoms with Crippen molar-refractivity contribution in [2.24, 2.45) is 0 Å². The fourth-order valence-corrected chi connectivity index (χ4v) is 6.92. The first-order chi connectivity index (χ1) is 28.9. The number of imidazole rings is 1. The lowest BCUT2D eigenvalue weighted by atomic mass is 9.97. The van der Waals surface area contributed by atoms with E-state index in [0.29, 0.717) is 0 Å². The molecule has 27 heteroatoms. The maximum absolute atomic E-state index is 13.5. The van der Waals surface area contributed by atoms with Crippen LogP contribution in [0.3, 0.4) is 0 Å². The second-order valence-electron chi connectivity index (χ2n) is 14.8. The summed E-state index contributed by atoms with van der Waals surface area (Å²) in [6.45, 7) is 0.208. The first kappa shape index (κ1) is 47.6. The predicted molar refractivity (Wildman–Crippen MR) is 200 cm³/mol. The van der Waals surface area contributed by atoms with E-state index in [1.165, 1.54) is 11.5 Å². The molecule has 4 amide bonds. The lowest BCUT2D eigenvalue weighted by molar-refractivity contribution is -0.291. The molecule has 342 valence electrons. The minimum Gasteiger partial charge on any atom is -0.394 e. The molecule has 0 saturated carbocycles. The Morgan fingerprint density at radius 1 is 0.869 bits per heavy atom. The number of amides is 4. The highest BCUT2D eigenvalue weighted by molar-refractivity contribution is 5.88. The first-order valence-corrected chi connectivity index (χ1v) is 19.3. The van der Waals surface area contributed by atoms with Crippen molar-refractivity contribution in [2.45, 2.75) is 125 Å². The van der Waals surface area contributed by atoms with Crippen LogP contribution in [0.4, 0.5) is 5.95 Å². The summed E-state index contributed by atoms with van der Waals surface area (Å²) in [5, 5.41) is 92.0. The number of aromatic amines is 1. The van der Waals surface area contributed by atoms with Gasteiger partial charge in [-0.15, -0.1) is 0 Å². The van der Waals surface area contributed by atoms with Gasteiger partial charge in [0.15, 0.2) is 30.0 Å². The van der Waals surface area contributed by atoms with Crippen molar-refractivity contribution >= 4 is 40.7 Å². The summed E-state index contributed by atoms with van der Waals surface area (Å²) in [6, 6.07) is -2.52. The topological polar surface area (TPSA) is 414 Å². The molecule has 0 unspecified atom stereocenters. The third kappa shape index (κ3) is 11.5. The van der Waals surface area contributed by atoms with Crippen LogP contribution in [0.5, 0.6) is 0 Å². The van der Waals surface area contributed by atoms with Crippen molar-refractivity contribution < 1.29 is 83.7 Å². The molecular weight excluding hydrogens is 822 g/mol. The maximum Gasteiger partial charge on any atom is 0.280 e. The fraction of sp³-hybridized carbons (Fsp3) is 0.735. The van der Waals surface area contributed by atoms with Gasteiger partial charge in [-0.25, -0.2) is 4.98 Å². The summed E-state index contributed by atoms with van der Waals surface area (Å²) in [5.74, 6) is -3.06. The van der Waals surface area contributed by atoms with E-state index in [2.05, 4.69) is 36.2 Å². The minimum atomic E-state index is -1.70. The lowest BCUT2D eigenvalue weighted by Gasteiger charge is -2.42. The number of hydrogen-bond donors (Lipinski definition) is 14. The van der Waals surface area contributed by atoms with Crippen LogP contribution >= 0.6 is 0 Å². The Morgan fingerprint density at radius 3 is 2.26 bits per heavy atom. The van der Waals surface area contributed by atoms with Crippen LogP contribution in [0.25, 0.3) is 11.2 Å². The molecule has 0 spiro atoms. The number of nitrogens with zero attached hydrogens (tertiary/aromatic N) is 3. The van der Waals surface area contributed by atoms with E-state index in [1.807, 2.05) is 0 Å². The van der Waals surface area contributed by atoms with Gasteiger partial charge >= 0.3 is 0 Å². The van der Waals surface area contributed by atoms with Crippen LogP contribution in [0.15, 0.2) is 11.1 Å². The normalized spacial score (nSPS) is 33.2. The van der Waals surface area contributed by atoms with E-state index in [4.69, 9.17) is 29.4 Å². The molecule has 5 rings (SSSR count). The number of carbonyl (C=O) groups excluding carboxylic acids is 4. The van der Waals surface area contributed by atoms with Gasteiger partial charge in [-0.3, -0.25) is 33.5 Å². The molecule has 61 heavy (non-hydrogen) atoms. The number of aliphatic hydroxyl groups is 8. The third-order valence-electron chi connectivity index (χ3n) is 10.2. The zero-order valence-electron chi connectivity index (χ0n) is 33.0. The molecule has 3 fully saturated rings. The Hall–Kier alpha value is -4.49. The largest absolute Gasteiger partial charge is 0.394 e. The molecule has 0 radical (unpaired) electrons. The quantitative estimate of drug-likeness (QED) is 0.0618. The summed E-state index contributed by atoms with van der Waals surface area (Å²) in [6.07, 6.45) is -17.0. The second kappa shape index (κ2) is 21.1. The summed E-state index contributed by atoms with van der Waals surface area (Å²) in [7, 11) is 0. The van der Waals surface area contributed by atoms with E-state index in [0.717, 1.165) is 13.3 Å². The molecule has 5 heterocycles. The summed E-state index contributed by atoms with van der Waals surface area (Å²) in [5.41, 5.74) is 4.87. The lowest BCUT2D eigenvalue weighted by Crippen LogP contribution is -2.64. The van der Waals surface area contributed by atoms with Crippen molar-refractivity contribution in [3.8, 4) is 0 Å². The van der Waals surface area contributed by atoms with Gasteiger partial charge in [0.1, 0.15) is 80.2 Å². The smallest absolute Gasteiger partial charge is 0.280 e. The number of aliphatic hydroxyl groups excluding tert-OH is 8. The molecule has 27 nitrogen and oxygen atoms in total. The van der Waals surface area contributed by atoms with Crippen molar-refractivity contribution in [3.63, 3.8) is 0 Å². The highest BCUT2D eigenvalue weighted by Gasteiger charge is 2.47. The van der Waals surface area contributed by atoms with E-state index < -0.39 is 141 Å². The Labute approximate surface area is 345 Å². The van der Waals surface area contributed by atoms with E-state index in [1.54, 1.807) is 0 Å². The summed E-state index contributed by atoms with van der Waals surface area (Å²) in [4.78, 5) is 73.3. The van der Waals surface area contributed by atoms with Crippen molar-refractivity contribution in [3.05, 3.63) is 16.7 Å². The summed E-state index contributed by atoms with van der Waals surface area (Å²) < 4.78 is 28.6. The average Bonchev–Trinajstić information content (AvgIpc) is 3.76. The highest BCUT2D eigenvalue weighted by Crippen LogP contribution is 2.31. The Balaban J connectivity index is 1.15. The zero-order valence-corrected chi connectivity index (χ0v) is 33.0. The van der Waals surface area contributed by atoms with Gasteiger partial charge in [-0.1, -0.05) is 0 Å². The zero-order chi connectivity index (χ0) is 44.7. The van der Waals surface area contributed by atoms with Gasteiger partial charge in [0.2, 0.25) is 29.6 Å². The number of unbranched alkanes of at least 4 members (excludes halogenated alkanes) is 1. The van der Waals surface area contributed by atoms with Crippen LogP contribution in [0, 0.1) is 0 Å². The molecule has 2 aromatic heterocycles. The van der Waals surface area contributed by atoms with Gasteiger partial charge in [0.25, 0.3) is 5.56 Å². The number of fused-ring (bicyclic) bond motifs is 1. The minimum absolute atomic E-state index is 0.0203. The molecule has 0 aromatic carbocycles. The monoisotopic (exact) mass is 875 g/mol. The van der Waals surface area contributed by atoms with Crippen LogP contribution in [0.2, 0.25) is 0 Å². The number of ether oxygens (including phenoxy) is 5. The molecule has 3 saturated heterocycles. The van der Waals surface area contributed by atoms with E-state index in [9.17, 15) is 64.8 Å². The van der Waals surface area contributed by atoms with Crippen LogP contribution in [0.1, 0.15) is 39.3 Å². The van der Waals surface area contributed by atoms with Crippen LogP contribution < -0.4 is 32.6 Å². The van der Waals surface area contributed by atoms with Crippen molar-refractivity contribution in [2.75, 3.05) is 38.6 Å². The molecule has 2 aromatic rings. The first-order valence-electron chi connectivity index (χ1n) is 19.3. The maximum atomic E-state index is 13.5. The van der Waals surface area contributed by atoms with Gasteiger partial charge in [-0.2, -0.15) is 4.98 Å². The number of H-pyrrole nitrogens is 1. The average molecular weight is 876 g/mol. The number of nitrogen functional groups attached to an aromatic ring is 1. The molecule has 3 aliphatic rings. The highest BCUT2D eigenvalue weighted by atomic mass is 16.7. The van der Waals surface area contributed by atoms with Crippen molar-refractivity contribution in [1.29, 1.82) is 0 Å². The van der Waals surface area contributed by atoms with E-state index >= 15 is 0 Å². The second-order valence-corrected chi connectivity index (χ2v) is 14.8. The molecule has 0 aliphatic carbocycles. The van der Waals surface area contributed by atoms with Crippen LogP contribution in [-0.2, 0) is 42.9 Å². The number of anilines is 1. The molecule has 15 atom stereocenters. The Bertz CT molecular complexity index is 1890. The molecule has 15 N–H and O–H groups in total. The third-order valence-corrected chi connectivity index (χ3v) is 10.2.